The van der Waals surface area contributed by atoms with Crippen molar-refractivity contribution in [2.45, 2.75) is 6.92 Å². The SMILES string of the molecule is CC(=O)c1ccc2ccccc2c1-c1c(OP(c2ccccc2)c2ccccc2)ccc2ccccc12. The average molecular weight is 497 g/mol. The van der Waals surface area contributed by atoms with E-state index in [1.807, 2.05) is 48.5 Å². The topological polar surface area (TPSA) is 26.3 Å². The molecule has 0 fully saturated rings. The molecule has 0 heterocycles. The van der Waals surface area contributed by atoms with E-state index in [4.69, 9.17) is 4.52 Å². The molecule has 6 aromatic rings. The smallest absolute Gasteiger partial charge is 0.160 e. The van der Waals surface area contributed by atoms with Crippen LogP contribution in [0, 0.1) is 0 Å². The van der Waals surface area contributed by atoms with Gasteiger partial charge in [-0.15, -0.1) is 0 Å². The summed E-state index contributed by atoms with van der Waals surface area (Å²) in [6.07, 6.45) is 0. The number of carbonyl (C=O) groups is 1. The molecule has 0 aliphatic carbocycles. The molecule has 0 N–H and O–H groups in total. The molecule has 3 heteroatoms. The lowest BCUT2D eigenvalue weighted by molar-refractivity contribution is 0.101. The number of benzene rings is 6. The van der Waals surface area contributed by atoms with E-state index < -0.39 is 8.15 Å². The Morgan fingerprint density at radius 1 is 0.541 bits per heavy atom. The molecule has 0 aromatic heterocycles. The Kier molecular flexibility index (Phi) is 6.26. The molecule has 0 bridgehead atoms. The molecule has 0 aliphatic heterocycles. The molecule has 0 saturated carbocycles. The summed E-state index contributed by atoms with van der Waals surface area (Å²) in [6, 6.07) is 45.5. The molecular formula is C34H25O2P. The fourth-order valence-electron chi connectivity index (χ4n) is 4.90. The molecule has 2 nitrogen and oxygen atoms in total. The van der Waals surface area contributed by atoms with E-state index >= 15 is 0 Å². The van der Waals surface area contributed by atoms with Gasteiger partial charge < -0.3 is 4.52 Å². The number of hydrogen-bond donors (Lipinski definition) is 0. The van der Waals surface area contributed by atoms with Crippen molar-refractivity contribution in [3.8, 4) is 16.9 Å². The number of fused-ring (bicyclic) bond motifs is 2. The van der Waals surface area contributed by atoms with Crippen LogP contribution < -0.4 is 15.1 Å². The second-order valence-electron chi connectivity index (χ2n) is 8.98. The minimum atomic E-state index is -1.14. The van der Waals surface area contributed by atoms with Crippen molar-refractivity contribution in [2.75, 3.05) is 0 Å². The lowest BCUT2D eigenvalue weighted by Gasteiger charge is -2.23. The van der Waals surface area contributed by atoms with E-state index in [0.717, 1.165) is 49.0 Å². The maximum Gasteiger partial charge on any atom is 0.160 e. The van der Waals surface area contributed by atoms with E-state index in [1.165, 1.54) is 0 Å². The van der Waals surface area contributed by atoms with Crippen LogP contribution in [0.2, 0.25) is 0 Å². The van der Waals surface area contributed by atoms with Gasteiger partial charge in [-0.2, -0.15) is 0 Å². The van der Waals surface area contributed by atoms with Crippen LogP contribution in [0.15, 0.2) is 133 Å². The predicted molar refractivity (Wildman–Crippen MR) is 157 cm³/mol. The lowest BCUT2D eigenvalue weighted by Crippen LogP contribution is -2.15. The van der Waals surface area contributed by atoms with Gasteiger partial charge in [0.1, 0.15) is 5.75 Å². The Morgan fingerprint density at radius 3 is 1.59 bits per heavy atom. The van der Waals surface area contributed by atoms with Crippen molar-refractivity contribution >= 4 is 46.1 Å². The quantitative estimate of drug-likeness (QED) is 0.171. The standard InChI is InChI=1S/C34H25O2P/c1-24(35)29-22-20-25-12-8-10-18-30(25)33(29)34-31-19-11-9-13-26(31)21-23-32(34)36-37(27-14-4-2-5-15-27)28-16-6-3-7-17-28/h2-23H,1H3. The fourth-order valence-corrected chi connectivity index (χ4v) is 6.64. The molecule has 178 valence electrons. The third-order valence-electron chi connectivity index (χ3n) is 6.62. The number of rotatable bonds is 6. The van der Waals surface area contributed by atoms with Crippen LogP contribution >= 0.6 is 8.15 Å². The molecule has 0 spiro atoms. The first-order valence-corrected chi connectivity index (χ1v) is 13.6. The van der Waals surface area contributed by atoms with Gasteiger partial charge in [-0.1, -0.05) is 127 Å². The van der Waals surface area contributed by atoms with E-state index in [-0.39, 0.29) is 5.78 Å². The number of hydrogen-bond acceptors (Lipinski definition) is 2. The first-order valence-electron chi connectivity index (χ1n) is 12.3. The normalized spacial score (nSPS) is 11.2. The Hall–Kier alpha value is -4.26. The predicted octanol–water partition coefficient (Wildman–Crippen LogP) is 8.29. The Labute approximate surface area is 218 Å². The van der Waals surface area contributed by atoms with Crippen LogP contribution in [0.1, 0.15) is 17.3 Å². The molecule has 0 radical (unpaired) electrons. The first-order chi connectivity index (χ1) is 18.2. The van der Waals surface area contributed by atoms with Crippen LogP contribution in [0.5, 0.6) is 5.75 Å². The van der Waals surface area contributed by atoms with Crippen molar-refractivity contribution in [3.63, 3.8) is 0 Å². The van der Waals surface area contributed by atoms with Gasteiger partial charge in [0.05, 0.1) is 0 Å². The zero-order chi connectivity index (χ0) is 25.2. The summed E-state index contributed by atoms with van der Waals surface area (Å²) in [5.41, 5.74) is 2.58. The zero-order valence-corrected chi connectivity index (χ0v) is 21.4. The summed E-state index contributed by atoms with van der Waals surface area (Å²) in [6.45, 7) is 1.64. The maximum absolute atomic E-state index is 13.0. The molecule has 0 atom stereocenters. The van der Waals surface area contributed by atoms with Crippen molar-refractivity contribution in [2.24, 2.45) is 0 Å². The van der Waals surface area contributed by atoms with E-state index in [1.54, 1.807) is 6.92 Å². The van der Waals surface area contributed by atoms with E-state index in [2.05, 4.69) is 84.9 Å². The Bertz CT molecular complexity index is 1690. The maximum atomic E-state index is 13.0. The highest BCUT2D eigenvalue weighted by Crippen LogP contribution is 2.47. The Balaban J connectivity index is 1.65. The van der Waals surface area contributed by atoms with Crippen LogP contribution in [-0.2, 0) is 0 Å². The summed E-state index contributed by atoms with van der Waals surface area (Å²) in [5, 5.41) is 6.57. The molecule has 0 amide bonds. The highest BCUT2D eigenvalue weighted by atomic mass is 31.1. The van der Waals surface area contributed by atoms with Crippen LogP contribution in [0.4, 0.5) is 0 Å². The van der Waals surface area contributed by atoms with Gasteiger partial charge in [0.15, 0.2) is 13.9 Å². The van der Waals surface area contributed by atoms with Gasteiger partial charge in [0.2, 0.25) is 0 Å². The molecule has 6 aromatic carbocycles. The average Bonchev–Trinajstić information content (AvgIpc) is 2.96. The summed E-state index contributed by atoms with van der Waals surface area (Å²) in [4.78, 5) is 13.0. The van der Waals surface area contributed by atoms with Gasteiger partial charge in [0.25, 0.3) is 0 Å². The molecule has 37 heavy (non-hydrogen) atoms. The summed E-state index contributed by atoms with van der Waals surface area (Å²) >= 11 is 0. The van der Waals surface area contributed by atoms with Crippen molar-refractivity contribution in [1.29, 1.82) is 0 Å². The highest BCUT2D eigenvalue weighted by Gasteiger charge is 2.23. The summed E-state index contributed by atoms with van der Waals surface area (Å²) in [5.74, 6) is 0.810. The Morgan fingerprint density at radius 2 is 1.03 bits per heavy atom. The van der Waals surface area contributed by atoms with Crippen molar-refractivity contribution < 1.29 is 9.32 Å². The zero-order valence-electron chi connectivity index (χ0n) is 20.5. The van der Waals surface area contributed by atoms with Crippen LogP contribution in [0.3, 0.4) is 0 Å². The largest absolute Gasteiger partial charge is 0.464 e. The second kappa shape index (κ2) is 10.0. The molecule has 0 aliphatic rings. The van der Waals surface area contributed by atoms with Gasteiger partial charge in [-0.25, -0.2) is 0 Å². The van der Waals surface area contributed by atoms with Gasteiger partial charge in [-0.3, -0.25) is 4.79 Å². The first kappa shape index (κ1) is 23.2. The highest BCUT2D eigenvalue weighted by molar-refractivity contribution is 7.68. The molecule has 0 saturated heterocycles. The fraction of sp³-hybridized carbons (Fsp3) is 0.0294. The van der Waals surface area contributed by atoms with E-state index in [0.29, 0.717) is 5.56 Å². The monoisotopic (exact) mass is 496 g/mol. The molecule has 6 rings (SSSR count). The summed E-state index contributed by atoms with van der Waals surface area (Å²) < 4.78 is 7.02. The van der Waals surface area contributed by atoms with Crippen molar-refractivity contribution in [3.05, 3.63) is 139 Å². The minimum absolute atomic E-state index is 0.0352. The number of carbonyl (C=O) groups excluding carboxylic acids is 1. The number of Topliss-reactive ketones (excluding diaryl/α,β-unsaturated/α-hetero) is 1. The van der Waals surface area contributed by atoms with Crippen LogP contribution in [0.25, 0.3) is 32.7 Å². The third-order valence-corrected chi connectivity index (χ3v) is 8.53. The third kappa shape index (κ3) is 4.42. The van der Waals surface area contributed by atoms with Gasteiger partial charge in [-0.05, 0) is 34.5 Å². The lowest BCUT2D eigenvalue weighted by atomic mass is 9.88. The summed E-state index contributed by atoms with van der Waals surface area (Å²) in [7, 11) is -1.14. The molecule has 0 unspecified atom stereocenters. The minimum Gasteiger partial charge on any atom is -0.464 e. The van der Waals surface area contributed by atoms with E-state index in [9.17, 15) is 4.79 Å². The second-order valence-corrected chi connectivity index (χ2v) is 10.8. The van der Waals surface area contributed by atoms with Crippen LogP contribution in [-0.4, -0.2) is 5.78 Å². The van der Waals surface area contributed by atoms with Gasteiger partial charge >= 0.3 is 0 Å². The number of ketones is 1. The molecular weight excluding hydrogens is 471 g/mol. The van der Waals surface area contributed by atoms with Gasteiger partial charge in [0, 0.05) is 27.3 Å². The van der Waals surface area contributed by atoms with Crippen molar-refractivity contribution in [1.82, 2.24) is 0 Å².